The minimum Gasteiger partial charge on any atom is -0.350 e. The van der Waals surface area contributed by atoms with Crippen LogP contribution >= 0.6 is 15.9 Å². The van der Waals surface area contributed by atoms with Crippen LogP contribution in [0.2, 0.25) is 0 Å². The summed E-state index contributed by atoms with van der Waals surface area (Å²) < 4.78 is 0. The van der Waals surface area contributed by atoms with Crippen LogP contribution in [-0.4, -0.2) is 16.8 Å². The topological polar surface area (TPSA) is 29.1 Å². The molecule has 3 heteroatoms. The predicted molar refractivity (Wildman–Crippen MR) is 83.6 cm³/mol. The summed E-state index contributed by atoms with van der Waals surface area (Å²) in [6, 6.07) is 0. The van der Waals surface area contributed by atoms with Crippen LogP contribution in [0.5, 0.6) is 0 Å². The molecule has 0 aromatic carbocycles. The third-order valence-corrected chi connectivity index (χ3v) is 5.99. The molecule has 1 N–H and O–H groups in total. The van der Waals surface area contributed by atoms with Crippen molar-refractivity contribution in [3.63, 3.8) is 0 Å². The van der Waals surface area contributed by atoms with Crippen molar-refractivity contribution in [3.05, 3.63) is 0 Å². The molecule has 2 fully saturated rings. The van der Waals surface area contributed by atoms with Gasteiger partial charge >= 0.3 is 0 Å². The van der Waals surface area contributed by atoms with E-state index in [1.54, 1.807) is 0 Å². The average molecular weight is 330 g/mol. The standard InChI is InChI=1S/C16H28BrNO/c17-13-16(10-6-3-7-11-16)18-15(19)12-14-8-4-1-2-5-9-14/h14H,1-13H2,(H,18,19). The molecular weight excluding hydrogens is 302 g/mol. The second kappa shape index (κ2) is 7.66. The minimum absolute atomic E-state index is 0.0556. The molecule has 2 rings (SSSR count). The van der Waals surface area contributed by atoms with Gasteiger partial charge in [-0.25, -0.2) is 0 Å². The van der Waals surface area contributed by atoms with Gasteiger partial charge in [-0.1, -0.05) is 60.9 Å². The maximum absolute atomic E-state index is 12.3. The molecule has 0 bridgehead atoms. The molecule has 0 atom stereocenters. The highest BCUT2D eigenvalue weighted by Crippen LogP contribution is 2.31. The summed E-state index contributed by atoms with van der Waals surface area (Å²) in [4.78, 5) is 12.3. The van der Waals surface area contributed by atoms with Crippen LogP contribution in [-0.2, 0) is 4.79 Å². The highest BCUT2D eigenvalue weighted by Gasteiger charge is 2.32. The van der Waals surface area contributed by atoms with E-state index >= 15 is 0 Å². The fraction of sp³-hybridized carbons (Fsp3) is 0.938. The highest BCUT2D eigenvalue weighted by atomic mass is 79.9. The van der Waals surface area contributed by atoms with E-state index in [0.717, 1.165) is 24.6 Å². The third-order valence-electron chi connectivity index (χ3n) is 4.92. The summed E-state index contributed by atoms with van der Waals surface area (Å²) >= 11 is 3.62. The number of alkyl halides is 1. The molecule has 0 spiro atoms. The molecule has 110 valence electrons. The van der Waals surface area contributed by atoms with Gasteiger partial charge in [0.05, 0.1) is 0 Å². The van der Waals surface area contributed by atoms with Gasteiger partial charge in [-0.3, -0.25) is 4.79 Å². The van der Waals surface area contributed by atoms with Crippen LogP contribution < -0.4 is 5.32 Å². The first-order valence-electron chi connectivity index (χ1n) is 8.11. The van der Waals surface area contributed by atoms with E-state index in [1.807, 2.05) is 0 Å². The van der Waals surface area contributed by atoms with E-state index in [4.69, 9.17) is 0 Å². The van der Waals surface area contributed by atoms with E-state index in [9.17, 15) is 4.79 Å². The van der Waals surface area contributed by atoms with Crippen LogP contribution in [0.4, 0.5) is 0 Å². The number of hydrogen-bond acceptors (Lipinski definition) is 1. The van der Waals surface area contributed by atoms with E-state index < -0.39 is 0 Å². The predicted octanol–water partition coefficient (Wildman–Crippen LogP) is 4.56. The van der Waals surface area contributed by atoms with Gasteiger partial charge in [0.2, 0.25) is 5.91 Å². The number of carbonyl (C=O) groups is 1. The van der Waals surface area contributed by atoms with Crippen molar-refractivity contribution in [2.75, 3.05) is 5.33 Å². The van der Waals surface area contributed by atoms with Crippen molar-refractivity contribution >= 4 is 21.8 Å². The molecule has 2 aliphatic rings. The zero-order chi connectivity index (χ0) is 13.6. The Morgan fingerprint density at radius 3 is 2.16 bits per heavy atom. The van der Waals surface area contributed by atoms with E-state index in [1.165, 1.54) is 57.8 Å². The van der Waals surface area contributed by atoms with Crippen LogP contribution in [0.1, 0.15) is 77.0 Å². The van der Waals surface area contributed by atoms with Gasteiger partial charge in [0.25, 0.3) is 0 Å². The van der Waals surface area contributed by atoms with Crippen molar-refractivity contribution in [1.29, 1.82) is 0 Å². The summed E-state index contributed by atoms with van der Waals surface area (Å²) in [5.41, 5.74) is 0.0556. The first kappa shape index (κ1) is 15.3. The summed E-state index contributed by atoms with van der Waals surface area (Å²) in [5, 5.41) is 4.28. The number of carbonyl (C=O) groups excluding carboxylic acids is 1. The van der Waals surface area contributed by atoms with Gasteiger partial charge in [-0.15, -0.1) is 0 Å². The smallest absolute Gasteiger partial charge is 0.220 e. The van der Waals surface area contributed by atoms with E-state index in [0.29, 0.717) is 11.8 Å². The third kappa shape index (κ3) is 4.77. The lowest BCUT2D eigenvalue weighted by Crippen LogP contribution is -2.51. The lowest BCUT2D eigenvalue weighted by atomic mass is 9.83. The summed E-state index contributed by atoms with van der Waals surface area (Å²) in [6.07, 6.45) is 14.8. The Morgan fingerprint density at radius 1 is 1.00 bits per heavy atom. The molecule has 0 radical (unpaired) electrons. The van der Waals surface area contributed by atoms with E-state index in [-0.39, 0.29) is 5.54 Å². The SMILES string of the molecule is O=C(CC1CCCCCC1)NC1(CBr)CCCCC1. The zero-order valence-corrected chi connectivity index (χ0v) is 13.6. The molecule has 0 aromatic rings. The molecule has 0 aromatic heterocycles. The summed E-state index contributed by atoms with van der Waals surface area (Å²) in [7, 11) is 0. The number of nitrogens with one attached hydrogen (secondary N) is 1. The van der Waals surface area contributed by atoms with Gasteiger partial charge in [0.1, 0.15) is 0 Å². The Bertz CT molecular complexity index is 278. The first-order valence-corrected chi connectivity index (χ1v) is 9.23. The molecule has 1 amide bonds. The van der Waals surface area contributed by atoms with Crippen molar-refractivity contribution in [2.45, 2.75) is 82.6 Å². The van der Waals surface area contributed by atoms with Gasteiger partial charge < -0.3 is 5.32 Å². The second-order valence-electron chi connectivity index (χ2n) is 6.58. The molecule has 0 unspecified atom stereocenters. The van der Waals surface area contributed by atoms with E-state index in [2.05, 4.69) is 21.2 Å². The highest BCUT2D eigenvalue weighted by molar-refractivity contribution is 9.09. The van der Waals surface area contributed by atoms with Crippen molar-refractivity contribution in [2.24, 2.45) is 5.92 Å². The normalized spacial score (nSPS) is 24.7. The molecule has 2 nitrogen and oxygen atoms in total. The zero-order valence-electron chi connectivity index (χ0n) is 12.1. The maximum Gasteiger partial charge on any atom is 0.220 e. The maximum atomic E-state index is 12.3. The largest absolute Gasteiger partial charge is 0.350 e. The van der Waals surface area contributed by atoms with Gasteiger partial charge in [0.15, 0.2) is 0 Å². The Labute approximate surface area is 126 Å². The Balaban J connectivity index is 1.81. The average Bonchev–Trinajstić information content (AvgIpc) is 2.68. The molecule has 2 aliphatic carbocycles. The second-order valence-corrected chi connectivity index (χ2v) is 7.15. The Morgan fingerprint density at radius 2 is 1.58 bits per heavy atom. The van der Waals surface area contributed by atoms with Crippen LogP contribution in [0.3, 0.4) is 0 Å². The van der Waals surface area contributed by atoms with Gasteiger partial charge in [-0.05, 0) is 31.6 Å². The molecule has 0 aliphatic heterocycles. The molecule has 0 heterocycles. The van der Waals surface area contributed by atoms with Gasteiger partial charge in [-0.2, -0.15) is 0 Å². The van der Waals surface area contributed by atoms with Crippen molar-refractivity contribution in [3.8, 4) is 0 Å². The fourth-order valence-electron chi connectivity index (χ4n) is 3.70. The Kier molecular flexibility index (Phi) is 6.18. The fourth-order valence-corrected chi connectivity index (χ4v) is 4.40. The molecule has 2 saturated carbocycles. The number of amides is 1. The molecular formula is C16H28BrNO. The minimum atomic E-state index is 0.0556. The molecule has 19 heavy (non-hydrogen) atoms. The number of hydrogen-bond donors (Lipinski definition) is 1. The monoisotopic (exact) mass is 329 g/mol. The number of halogens is 1. The van der Waals surface area contributed by atoms with Crippen LogP contribution in [0, 0.1) is 5.92 Å². The van der Waals surface area contributed by atoms with Crippen molar-refractivity contribution < 1.29 is 4.79 Å². The van der Waals surface area contributed by atoms with Crippen LogP contribution in [0.15, 0.2) is 0 Å². The molecule has 0 saturated heterocycles. The summed E-state index contributed by atoms with van der Waals surface area (Å²) in [6.45, 7) is 0. The summed E-state index contributed by atoms with van der Waals surface area (Å²) in [5.74, 6) is 0.937. The Hall–Kier alpha value is -0.0500. The van der Waals surface area contributed by atoms with Crippen LogP contribution in [0.25, 0.3) is 0 Å². The first-order chi connectivity index (χ1) is 9.24. The lowest BCUT2D eigenvalue weighted by Gasteiger charge is -2.37. The van der Waals surface area contributed by atoms with Gasteiger partial charge in [0, 0.05) is 17.3 Å². The van der Waals surface area contributed by atoms with Crippen molar-refractivity contribution in [1.82, 2.24) is 5.32 Å². The lowest BCUT2D eigenvalue weighted by molar-refractivity contribution is -0.124. The number of rotatable bonds is 4. The quantitative estimate of drug-likeness (QED) is 0.594.